The zero-order chi connectivity index (χ0) is 20.4. The van der Waals surface area contributed by atoms with Crippen LogP contribution in [0.15, 0.2) is 60.7 Å². The van der Waals surface area contributed by atoms with Crippen molar-refractivity contribution in [2.24, 2.45) is 5.41 Å². The van der Waals surface area contributed by atoms with E-state index in [0.29, 0.717) is 12.2 Å². The molecule has 3 nitrogen and oxygen atoms in total. The predicted octanol–water partition coefficient (Wildman–Crippen LogP) is 5.12. The molecule has 3 heteroatoms. The van der Waals surface area contributed by atoms with E-state index in [0.717, 1.165) is 30.7 Å². The van der Waals surface area contributed by atoms with Crippen LogP contribution < -0.4 is 4.74 Å². The highest BCUT2D eigenvalue weighted by Crippen LogP contribution is 2.17. The van der Waals surface area contributed by atoms with Crippen molar-refractivity contribution in [2.75, 3.05) is 13.6 Å². The van der Waals surface area contributed by atoms with Gasteiger partial charge in [0.1, 0.15) is 18.6 Å². The summed E-state index contributed by atoms with van der Waals surface area (Å²) < 4.78 is 5.89. The molecule has 0 N–H and O–H groups in total. The fourth-order valence-electron chi connectivity index (χ4n) is 2.58. The average molecular weight is 376 g/mol. The van der Waals surface area contributed by atoms with Crippen molar-refractivity contribution in [1.29, 1.82) is 0 Å². The average Bonchev–Trinajstić information content (AvgIpc) is 2.65. The van der Waals surface area contributed by atoms with Gasteiger partial charge in [0, 0.05) is 24.1 Å². The maximum absolute atomic E-state index is 10.9. The summed E-state index contributed by atoms with van der Waals surface area (Å²) in [5.41, 5.74) is 2.87. The standard InChI is InChI=1S/C25H29NO2/c1-25(2,3)14-6-5-7-15-26(4)18-21-10-9-13-24(17-21)28-20-23-12-8-11-22(16-23)19-27/h5,7-13,16-17,19H,15,18,20H2,1-4H3. The molecule has 0 aliphatic rings. The van der Waals surface area contributed by atoms with Gasteiger partial charge in [-0.05, 0) is 63.2 Å². The Labute approximate surface area is 169 Å². The summed E-state index contributed by atoms with van der Waals surface area (Å²) in [4.78, 5) is 13.1. The van der Waals surface area contributed by atoms with Crippen LogP contribution in [0.4, 0.5) is 0 Å². The molecule has 0 radical (unpaired) electrons. The van der Waals surface area contributed by atoms with Gasteiger partial charge in [-0.25, -0.2) is 0 Å². The third-order valence-corrected chi connectivity index (χ3v) is 3.91. The van der Waals surface area contributed by atoms with Crippen LogP contribution >= 0.6 is 0 Å². The molecule has 2 aromatic rings. The van der Waals surface area contributed by atoms with Crippen LogP contribution in [0.5, 0.6) is 5.75 Å². The van der Waals surface area contributed by atoms with Gasteiger partial charge in [-0.15, -0.1) is 0 Å². The van der Waals surface area contributed by atoms with E-state index in [9.17, 15) is 4.79 Å². The highest BCUT2D eigenvalue weighted by atomic mass is 16.5. The van der Waals surface area contributed by atoms with E-state index in [4.69, 9.17) is 4.74 Å². The Morgan fingerprint density at radius 1 is 1.07 bits per heavy atom. The van der Waals surface area contributed by atoms with E-state index >= 15 is 0 Å². The van der Waals surface area contributed by atoms with Crippen molar-refractivity contribution in [2.45, 2.75) is 33.9 Å². The quantitative estimate of drug-likeness (QED) is 0.474. The largest absolute Gasteiger partial charge is 0.489 e. The van der Waals surface area contributed by atoms with E-state index in [-0.39, 0.29) is 5.41 Å². The highest BCUT2D eigenvalue weighted by molar-refractivity contribution is 5.74. The molecule has 0 heterocycles. The summed E-state index contributed by atoms with van der Waals surface area (Å²) in [7, 11) is 2.08. The van der Waals surface area contributed by atoms with Crippen molar-refractivity contribution in [3.63, 3.8) is 0 Å². The van der Waals surface area contributed by atoms with Gasteiger partial charge in [-0.1, -0.05) is 48.2 Å². The second-order valence-electron chi connectivity index (χ2n) is 7.92. The first-order valence-corrected chi connectivity index (χ1v) is 9.48. The van der Waals surface area contributed by atoms with E-state index in [2.05, 4.69) is 62.8 Å². The lowest BCUT2D eigenvalue weighted by molar-refractivity contribution is 0.112. The van der Waals surface area contributed by atoms with Crippen LogP contribution in [-0.4, -0.2) is 24.8 Å². The van der Waals surface area contributed by atoms with Gasteiger partial charge >= 0.3 is 0 Å². The van der Waals surface area contributed by atoms with Crippen molar-refractivity contribution in [3.8, 4) is 17.6 Å². The molecule has 0 saturated carbocycles. The van der Waals surface area contributed by atoms with Crippen molar-refractivity contribution < 1.29 is 9.53 Å². The maximum Gasteiger partial charge on any atom is 0.150 e. The molecule has 0 spiro atoms. The van der Waals surface area contributed by atoms with Gasteiger partial charge in [0.2, 0.25) is 0 Å². The molecule has 28 heavy (non-hydrogen) atoms. The fraction of sp³-hybridized carbons (Fsp3) is 0.320. The minimum absolute atomic E-state index is 0.0330. The third kappa shape index (κ3) is 8.24. The molecule has 0 aromatic heterocycles. The first kappa shape index (κ1) is 21.5. The van der Waals surface area contributed by atoms with E-state index in [1.165, 1.54) is 5.56 Å². The van der Waals surface area contributed by atoms with Crippen LogP contribution in [0.2, 0.25) is 0 Å². The van der Waals surface area contributed by atoms with Crippen molar-refractivity contribution in [3.05, 3.63) is 77.4 Å². The molecular weight excluding hydrogens is 346 g/mol. The maximum atomic E-state index is 10.9. The molecule has 0 aliphatic carbocycles. The van der Waals surface area contributed by atoms with Crippen LogP contribution in [-0.2, 0) is 13.2 Å². The van der Waals surface area contributed by atoms with Crippen LogP contribution in [0.1, 0.15) is 42.3 Å². The third-order valence-electron chi connectivity index (χ3n) is 3.91. The molecule has 2 rings (SSSR count). The number of carbonyl (C=O) groups is 1. The molecule has 0 aliphatic heterocycles. The molecule has 0 bridgehead atoms. The molecule has 0 fully saturated rings. The summed E-state index contributed by atoms with van der Waals surface area (Å²) in [5, 5.41) is 0. The molecule has 0 atom stereocenters. The predicted molar refractivity (Wildman–Crippen MR) is 115 cm³/mol. The summed E-state index contributed by atoms with van der Waals surface area (Å²) in [5.74, 6) is 7.12. The summed E-state index contributed by atoms with van der Waals surface area (Å²) in [6, 6.07) is 15.6. The Bertz CT molecular complexity index is 866. The zero-order valence-electron chi connectivity index (χ0n) is 17.2. The van der Waals surface area contributed by atoms with Gasteiger partial charge < -0.3 is 4.74 Å². The second-order valence-corrected chi connectivity index (χ2v) is 7.92. The number of aldehydes is 1. The Balaban J connectivity index is 1.87. The number of carbonyl (C=O) groups excluding carboxylic acids is 1. The molecule has 0 saturated heterocycles. The molecule has 0 unspecified atom stereocenters. The second kappa shape index (κ2) is 10.5. The Morgan fingerprint density at radius 3 is 2.57 bits per heavy atom. The summed E-state index contributed by atoms with van der Waals surface area (Å²) in [6.45, 7) is 8.42. The number of likely N-dealkylation sites (N-methyl/N-ethyl adjacent to an activating group) is 1. The molecular formula is C25H29NO2. The van der Waals surface area contributed by atoms with Crippen molar-refractivity contribution in [1.82, 2.24) is 4.90 Å². The normalized spacial score (nSPS) is 11.3. The number of hydrogen-bond acceptors (Lipinski definition) is 3. The topological polar surface area (TPSA) is 29.5 Å². The number of rotatable bonds is 8. The molecule has 146 valence electrons. The lowest BCUT2D eigenvalue weighted by atomic mass is 9.98. The molecule has 2 aromatic carbocycles. The Hall–Kier alpha value is -2.83. The Morgan fingerprint density at radius 2 is 1.82 bits per heavy atom. The van der Waals surface area contributed by atoms with Gasteiger partial charge in [0.05, 0.1) is 0 Å². The van der Waals surface area contributed by atoms with Gasteiger partial charge in [0.25, 0.3) is 0 Å². The van der Waals surface area contributed by atoms with Gasteiger partial charge in [-0.2, -0.15) is 0 Å². The van der Waals surface area contributed by atoms with Crippen molar-refractivity contribution >= 4 is 6.29 Å². The zero-order valence-corrected chi connectivity index (χ0v) is 17.2. The first-order chi connectivity index (χ1) is 13.4. The van der Waals surface area contributed by atoms with Gasteiger partial charge in [-0.3, -0.25) is 9.69 Å². The fourth-order valence-corrected chi connectivity index (χ4v) is 2.58. The SMILES string of the molecule is CN(CC=CC#CC(C)(C)C)Cc1cccc(OCc2cccc(C=O)c2)c1. The van der Waals surface area contributed by atoms with Crippen LogP contribution in [0, 0.1) is 17.3 Å². The Kier molecular flexibility index (Phi) is 8.04. The molecule has 0 amide bonds. The smallest absolute Gasteiger partial charge is 0.150 e. The van der Waals surface area contributed by atoms with E-state index < -0.39 is 0 Å². The minimum atomic E-state index is 0.0330. The number of hydrogen-bond donors (Lipinski definition) is 0. The summed E-state index contributed by atoms with van der Waals surface area (Å²) >= 11 is 0. The lowest BCUT2D eigenvalue weighted by Crippen LogP contribution is -2.17. The van der Waals surface area contributed by atoms with E-state index in [1.54, 1.807) is 6.07 Å². The van der Waals surface area contributed by atoms with Crippen LogP contribution in [0.3, 0.4) is 0 Å². The number of ether oxygens (including phenoxy) is 1. The number of nitrogens with zero attached hydrogens (tertiary/aromatic N) is 1. The highest BCUT2D eigenvalue weighted by Gasteiger charge is 2.03. The first-order valence-electron chi connectivity index (χ1n) is 9.48. The lowest BCUT2D eigenvalue weighted by Gasteiger charge is -2.15. The monoisotopic (exact) mass is 375 g/mol. The number of benzene rings is 2. The van der Waals surface area contributed by atoms with Crippen LogP contribution in [0.25, 0.3) is 0 Å². The van der Waals surface area contributed by atoms with Gasteiger partial charge in [0.15, 0.2) is 0 Å². The summed E-state index contributed by atoms with van der Waals surface area (Å²) in [6.07, 6.45) is 4.86. The van der Waals surface area contributed by atoms with E-state index in [1.807, 2.05) is 36.4 Å². The number of allylic oxidation sites excluding steroid dienone is 1. The minimum Gasteiger partial charge on any atom is -0.489 e.